The van der Waals surface area contributed by atoms with Crippen molar-refractivity contribution in [1.82, 2.24) is 18.8 Å². The van der Waals surface area contributed by atoms with Gasteiger partial charge >= 0.3 is 5.66 Å². The monoisotopic (exact) mass is 654 g/mol. The van der Waals surface area contributed by atoms with Crippen LogP contribution in [0.4, 0.5) is 0 Å². The molecule has 13 rings (SSSR count). The highest BCUT2D eigenvalue weighted by molar-refractivity contribution is 6.12. The highest BCUT2D eigenvalue weighted by atomic mass is 16.5. The molecular weight excluding hydrogens is 629 g/mol. The van der Waals surface area contributed by atoms with Crippen LogP contribution in [0.15, 0.2) is 158 Å². The maximum Gasteiger partial charge on any atom is 0.397 e. The standard InChI is InChI=1S/C44H26N6O/c1-2-11-28(12-3-1)49-34-15-6-5-14-30(34)32-24-45-33(23-37(32)49)27-25-47-36-17-10-18-38-41(36)44(48(47)26-27)42-39(51-38)21-20-31-29-13-4-7-16-35(29)50(43(31)42)40-19-8-9-22-46(40)44/h1-26H/q+2. The number of nitrogens with zero attached hydrogens (tertiary/aromatic N) is 6. The molecule has 0 saturated carbocycles. The van der Waals surface area contributed by atoms with Crippen LogP contribution in [-0.4, -0.2) is 18.8 Å². The zero-order valence-electron chi connectivity index (χ0n) is 27.1. The number of benzene rings is 5. The maximum atomic E-state index is 6.82. The Labute approximate surface area is 290 Å². The quantitative estimate of drug-likeness (QED) is 0.176. The van der Waals surface area contributed by atoms with Gasteiger partial charge in [0.1, 0.15) is 28.3 Å². The molecule has 1 atom stereocenters. The smallest absolute Gasteiger partial charge is 0.397 e. The molecule has 0 bridgehead atoms. The predicted octanol–water partition coefficient (Wildman–Crippen LogP) is 8.34. The molecule has 0 aliphatic carbocycles. The summed E-state index contributed by atoms with van der Waals surface area (Å²) in [5.41, 5.74) is 10.4. The number of ether oxygens (including phenoxy) is 1. The van der Waals surface area contributed by atoms with Gasteiger partial charge in [0.05, 0.1) is 34.7 Å². The van der Waals surface area contributed by atoms with Gasteiger partial charge in [0, 0.05) is 39.5 Å². The van der Waals surface area contributed by atoms with Crippen LogP contribution in [0.3, 0.4) is 0 Å². The Balaban J connectivity index is 1.14. The van der Waals surface area contributed by atoms with E-state index >= 15 is 0 Å². The summed E-state index contributed by atoms with van der Waals surface area (Å²) in [5.74, 6) is 2.84. The van der Waals surface area contributed by atoms with Crippen LogP contribution in [0.25, 0.3) is 72.1 Å². The van der Waals surface area contributed by atoms with Crippen LogP contribution >= 0.6 is 0 Å². The van der Waals surface area contributed by atoms with Gasteiger partial charge in [-0.1, -0.05) is 65.3 Å². The van der Waals surface area contributed by atoms with Crippen LogP contribution in [0, 0.1) is 0 Å². The van der Waals surface area contributed by atoms with Gasteiger partial charge < -0.3 is 9.30 Å². The van der Waals surface area contributed by atoms with Crippen molar-refractivity contribution >= 4 is 43.6 Å². The molecular formula is C44H26N6O+2. The first-order chi connectivity index (χ1) is 25.3. The van der Waals surface area contributed by atoms with Gasteiger partial charge in [0.2, 0.25) is 6.20 Å². The number of aromatic nitrogens is 6. The van der Waals surface area contributed by atoms with Crippen LogP contribution in [-0.2, 0) is 5.66 Å². The number of rotatable bonds is 2. The van der Waals surface area contributed by atoms with E-state index in [2.05, 4.69) is 175 Å². The third kappa shape index (κ3) is 2.90. The Morgan fingerprint density at radius 1 is 0.608 bits per heavy atom. The van der Waals surface area contributed by atoms with Crippen LogP contribution in [0.5, 0.6) is 11.5 Å². The van der Waals surface area contributed by atoms with E-state index in [-0.39, 0.29) is 0 Å². The van der Waals surface area contributed by atoms with E-state index in [1.807, 2.05) is 6.20 Å². The van der Waals surface area contributed by atoms with E-state index in [0.29, 0.717) is 0 Å². The largest absolute Gasteiger partial charge is 0.456 e. The third-order valence-electron chi connectivity index (χ3n) is 11.3. The summed E-state index contributed by atoms with van der Waals surface area (Å²) in [6, 6.07) is 47.5. The summed E-state index contributed by atoms with van der Waals surface area (Å²) in [7, 11) is 0. The van der Waals surface area contributed by atoms with Crippen molar-refractivity contribution in [2.75, 3.05) is 0 Å². The number of pyridine rings is 2. The van der Waals surface area contributed by atoms with E-state index in [1.165, 1.54) is 32.7 Å². The maximum absolute atomic E-state index is 6.82. The predicted molar refractivity (Wildman–Crippen MR) is 196 cm³/mol. The van der Waals surface area contributed by atoms with Gasteiger partial charge in [-0.2, -0.15) is 9.13 Å². The van der Waals surface area contributed by atoms with Crippen molar-refractivity contribution in [2.24, 2.45) is 0 Å². The Kier molecular flexibility index (Phi) is 4.46. The van der Waals surface area contributed by atoms with Gasteiger partial charge in [-0.25, -0.2) is 0 Å². The van der Waals surface area contributed by atoms with Crippen LogP contribution in [0.2, 0.25) is 0 Å². The second-order valence-electron chi connectivity index (χ2n) is 13.7. The minimum absolute atomic E-state index is 0.735. The van der Waals surface area contributed by atoms with E-state index in [4.69, 9.17) is 9.72 Å². The molecule has 0 N–H and O–H groups in total. The second-order valence-corrected chi connectivity index (χ2v) is 13.7. The fourth-order valence-corrected chi connectivity index (χ4v) is 9.42. The number of hydrogen-bond acceptors (Lipinski definition) is 2. The van der Waals surface area contributed by atoms with Crippen LogP contribution in [0.1, 0.15) is 11.1 Å². The molecule has 1 unspecified atom stereocenters. The molecule has 1 spiro atoms. The molecule has 3 aliphatic rings. The molecule has 5 aromatic heterocycles. The Morgan fingerprint density at radius 3 is 2.25 bits per heavy atom. The highest BCUT2D eigenvalue weighted by Crippen LogP contribution is 2.55. The van der Waals surface area contributed by atoms with E-state index < -0.39 is 5.66 Å². The lowest BCUT2D eigenvalue weighted by molar-refractivity contribution is -0.993. The SMILES string of the molecule is c1ccc(-n2c3ccccc3c3cnc(-c4cn5[n+](c4)C46c7c(cccc7-5)Oc5ccc7c8ccccc8n(c7c54)-c4cccc[n+]46)cc32)cc1. The van der Waals surface area contributed by atoms with Crippen molar-refractivity contribution in [3.05, 3.63) is 169 Å². The minimum Gasteiger partial charge on any atom is -0.456 e. The molecule has 51 heavy (non-hydrogen) atoms. The van der Waals surface area contributed by atoms with Crippen molar-refractivity contribution in [3.63, 3.8) is 0 Å². The van der Waals surface area contributed by atoms with E-state index in [1.54, 1.807) is 0 Å². The first-order valence-corrected chi connectivity index (χ1v) is 17.3. The first kappa shape index (κ1) is 26.0. The highest BCUT2D eigenvalue weighted by Gasteiger charge is 2.68. The summed E-state index contributed by atoms with van der Waals surface area (Å²) in [6.07, 6.45) is 8.78. The van der Waals surface area contributed by atoms with Crippen molar-refractivity contribution in [1.29, 1.82) is 0 Å². The summed E-state index contributed by atoms with van der Waals surface area (Å²) in [5, 5.41) is 4.77. The Bertz CT molecular complexity index is 3190. The molecule has 7 heteroatoms. The normalized spacial score (nSPS) is 16.1. The molecule has 8 heterocycles. The minimum atomic E-state index is -0.735. The summed E-state index contributed by atoms with van der Waals surface area (Å²) < 4.78 is 18.7. The number of para-hydroxylation sites is 3. The van der Waals surface area contributed by atoms with Crippen molar-refractivity contribution in [2.45, 2.75) is 5.66 Å². The molecule has 236 valence electrons. The molecule has 5 aromatic carbocycles. The average Bonchev–Trinajstić information content (AvgIpc) is 3.93. The molecule has 10 aromatic rings. The fourth-order valence-electron chi connectivity index (χ4n) is 9.42. The molecule has 0 fully saturated rings. The zero-order valence-corrected chi connectivity index (χ0v) is 27.1. The van der Waals surface area contributed by atoms with Gasteiger partial charge in [-0.15, -0.1) is 4.68 Å². The van der Waals surface area contributed by atoms with Gasteiger partial charge in [-0.05, 0) is 66.7 Å². The Hall–Kier alpha value is -6.99. The average molecular weight is 655 g/mol. The lowest BCUT2D eigenvalue weighted by Crippen LogP contribution is -2.76. The number of fused-ring (bicyclic) bond motifs is 10. The van der Waals surface area contributed by atoms with E-state index in [0.717, 1.165) is 62.0 Å². The van der Waals surface area contributed by atoms with Gasteiger partial charge in [0.15, 0.2) is 11.1 Å². The lowest BCUT2D eigenvalue weighted by atomic mass is 9.84. The summed E-state index contributed by atoms with van der Waals surface area (Å²) in [4.78, 5) is 5.14. The Morgan fingerprint density at radius 2 is 1.37 bits per heavy atom. The fraction of sp³-hybridized carbons (Fsp3) is 0.0227. The van der Waals surface area contributed by atoms with Crippen LogP contribution < -0.4 is 14.0 Å². The topological polar surface area (TPSA) is 44.7 Å². The van der Waals surface area contributed by atoms with E-state index in [9.17, 15) is 0 Å². The van der Waals surface area contributed by atoms with Crippen molar-refractivity contribution < 1.29 is 14.0 Å². The van der Waals surface area contributed by atoms with Gasteiger partial charge in [0.25, 0.3) is 5.82 Å². The van der Waals surface area contributed by atoms with Crippen molar-refractivity contribution in [3.8, 4) is 39.9 Å². The lowest BCUT2D eigenvalue weighted by Gasteiger charge is -2.32. The molecule has 7 nitrogen and oxygen atoms in total. The van der Waals surface area contributed by atoms with Gasteiger partial charge in [-0.3, -0.25) is 4.98 Å². The third-order valence-corrected chi connectivity index (χ3v) is 11.3. The first-order valence-electron chi connectivity index (χ1n) is 17.3. The molecule has 3 aliphatic heterocycles. The zero-order chi connectivity index (χ0) is 33.0. The summed E-state index contributed by atoms with van der Waals surface area (Å²) in [6.45, 7) is 0. The molecule has 0 amide bonds. The summed E-state index contributed by atoms with van der Waals surface area (Å²) >= 11 is 0. The number of hydrogen-bond donors (Lipinski definition) is 0. The molecule has 0 saturated heterocycles. The second kappa shape index (κ2) is 8.77. The molecule has 0 radical (unpaired) electrons.